The van der Waals surface area contributed by atoms with Crippen LogP contribution in [0.15, 0.2) is 12.1 Å². The Balaban J connectivity index is 1.33. The molecule has 5 heterocycles. The Morgan fingerprint density at radius 1 is 1.19 bits per heavy atom. The summed E-state index contributed by atoms with van der Waals surface area (Å²) in [6.07, 6.45) is 5.29. The quantitative estimate of drug-likeness (QED) is 0.481. The van der Waals surface area contributed by atoms with Crippen molar-refractivity contribution < 1.29 is 23.7 Å². The number of hydrogen-bond acceptors (Lipinski definition) is 10. The monoisotopic (exact) mass is 515 g/mol. The van der Waals surface area contributed by atoms with Crippen molar-refractivity contribution in [3.8, 4) is 5.88 Å². The highest BCUT2D eigenvalue weighted by atomic mass is 16.6. The number of carbonyl (C=O) groups is 1. The van der Waals surface area contributed by atoms with Crippen LogP contribution in [0.1, 0.15) is 44.2 Å². The molecule has 0 radical (unpaired) electrons. The van der Waals surface area contributed by atoms with Crippen molar-refractivity contribution in [1.82, 2.24) is 25.1 Å². The number of hydrogen-bond donors (Lipinski definition) is 2. The number of anilines is 3. The van der Waals surface area contributed by atoms with Crippen LogP contribution in [0.25, 0.3) is 0 Å². The molecule has 12 nitrogen and oxygen atoms in total. The lowest BCUT2D eigenvalue weighted by Gasteiger charge is -2.49. The van der Waals surface area contributed by atoms with Gasteiger partial charge in [-0.15, -0.1) is 0 Å². The minimum atomic E-state index is -0.237. The van der Waals surface area contributed by atoms with E-state index >= 15 is 0 Å². The highest BCUT2D eigenvalue weighted by Gasteiger charge is 2.43. The number of piperidine rings is 2. The fourth-order valence-electron chi connectivity index (χ4n) is 5.50. The van der Waals surface area contributed by atoms with E-state index in [1.54, 1.807) is 13.2 Å². The zero-order valence-electron chi connectivity index (χ0n) is 21.8. The molecule has 5 rings (SSSR count). The van der Waals surface area contributed by atoms with Crippen LogP contribution in [0, 0.1) is 6.92 Å². The SMILES string of the molecule is COCCOC(=O)N1[C@@H]2CCC[C@H]1CC(N(C)c1nc(Nc3cc(C)[nH]n3)cc(O[C@@H]3CCOC3)n1)C2. The number of nitrogens with one attached hydrogen (secondary N) is 2. The molecule has 2 N–H and O–H groups in total. The minimum absolute atomic E-state index is 0.0275. The molecule has 37 heavy (non-hydrogen) atoms. The van der Waals surface area contributed by atoms with E-state index < -0.39 is 0 Å². The van der Waals surface area contributed by atoms with Gasteiger partial charge in [-0.1, -0.05) is 0 Å². The lowest BCUT2D eigenvalue weighted by Crippen LogP contribution is -2.58. The number of rotatable bonds is 9. The highest BCUT2D eigenvalue weighted by Crippen LogP contribution is 2.37. The molecule has 0 aliphatic carbocycles. The topological polar surface area (TPSA) is 127 Å². The predicted octanol–water partition coefficient (Wildman–Crippen LogP) is 3.02. The van der Waals surface area contributed by atoms with E-state index in [4.69, 9.17) is 28.9 Å². The molecule has 3 aliphatic heterocycles. The average Bonchev–Trinajstić information content (AvgIpc) is 3.54. The first kappa shape index (κ1) is 25.5. The summed E-state index contributed by atoms with van der Waals surface area (Å²) in [6.45, 7) is 3.86. The van der Waals surface area contributed by atoms with Gasteiger partial charge in [0.05, 0.1) is 19.8 Å². The Morgan fingerprint density at radius 3 is 2.68 bits per heavy atom. The van der Waals surface area contributed by atoms with Gasteiger partial charge >= 0.3 is 6.09 Å². The van der Waals surface area contributed by atoms with Gasteiger partial charge in [0.25, 0.3) is 0 Å². The molecule has 0 spiro atoms. The van der Waals surface area contributed by atoms with E-state index in [1.807, 2.05) is 24.9 Å². The predicted molar refractivity (Wildman–Crippen MR) is 136 cm³/mol. The molecule has 3 saturated heterocycles. The van der Waals surface area contributed by atoms with E-state index in [1.165, 1.54) is 0 Å². The molecule has 0 aromatic carbocycles. The van der Waals surface area contributed by atoms with Gasteiger partial charge in [0.15, 0.2) is 5.82 Å². The number of carbonyl (C=O) groups excluding carboxylic acids is 1. The van der Waals surface area contributed by atoms with Gasteiger partial charge in [0.1, 0.15) is 18.5 Å². The number of nitrogens with zero attached hydrogens (tertiary/aromatic N) is 5. The van der Waals surface area contributed by atoms with Crippen LogP contribution in [-0.4, -0.2) is 96.0 Å². The second-order valence-electron chi connectivity index (χ2n) is 10.0. The largest absolute Gasteiger partial charge is 0.472 e. The Hall–Kier alpha value is -3.12. The van der Waals surface area contributed by atoms with Crippen molar-refractivity contribution >= 4 is 23.7 Å². The molecule has 1 amide bonds. The Labute approximate surface area is 217 Å². The van der Waals surface area contributed by atoms with Crippen molar-refractivity contribution in [3.63, 3.8) is 0 Å². The summed E-state index contributed by atoms with van der Waals surface area (Å²) < 4.78 is 22.1. The molecule has 2 aromatic heterocycles. The Bertz CT molecular complexity index is 1050. The zero-order valence-corrected chi connectivity index (χ0v) is 21.8. The standard InChI is InChI=1S/C25H37N7O5/c1-16-11-22(30-29-16)26-21-14-23(37-20-7-8-35-15-20)28-24(27-21)31(2)19-12-17-5-4-6-18(13-19)32(17)25(33)36-10-9-34-3/h11,14,17-20H,4-10,12-13,15H2,1-3H3,(H2,26,27,28,29,30)/t17-,18+,19?,20-/m1/s1. The number of aromatic amines is 1. The lowest BCUT2D eigenvalue weighted by atomic mass is 9.81. The van der Waals surface area contributed by atoms with Crippen LogP contribution in [0.3, 0.4) is 0 Å². The molecule has 1 unspecified atom stereocenters. The molecule has 4 atom stereocenters. The number of ether oxygens (including phenoxy) is 4. The molecule has 0 saturated carbocycles. The van der Waals surface area contributed by atoms with Crippen molar-refractivity contribution in [2.75, 3.05) is 50.8 Å². The average molecular weight is 516 g/mol. The maximum absolute atomic E-state index is 12.8. The summed E-state index contributed by atoms with van der Waals surface area (Å²) in [7, 11) is 3.62. The Morgan fingerprint density at radius 2 is 2.00 bits per heavy atom. The van der Waals surface area contributed by atoms with Crippen LogP contribution in [0.2, 0.25) is 0 Å². The summed E-state index contributed by atoms with van der Waals surface area (Å²) in [6, 6.07) is 4.17. The van der Waals surface area contributed by atoms with Gasteiger partial charge in [-0.25, -0.2) is 4.79 Å². The summed E-state index contributed by atoms with van der Waals surface area (Å²) >= 11 is 0. The minimum Gasteiger partial charge on any atom is -0.472 e. The van der Waals surface area contributed by atoms with Crippen LogP contribution in [-0.2, 0) is 14.2 Å². The molecule has 3 fully saturated rings. The molecule has 2 bridgehead atoms. The Kier molecular flexibility index (Phi) is 7.94. The first-order chi connectivity index (χ1) is 18.0. The fourth-order valence-corrected chi connectivity index (χ4v) is 5.50. The third kappa shape index (κ3) is 6.07. The number of methoxy groups -OCH3 is 1. The van der Waals surface area contributed by atoms with Crippen LogP contribution in [0.5, 0.6) is 5.88 Å². The molecule has 2 aromatic rings. The lowest BCUT2D eigenvalue weighted by molar-refractivity contribution is 0.00861. The van der Waals surface area contributed by atoms with E-state index in [-0.39, 0.29) is 36.9 Å². The van der Waals surface area contributed by atoms with E-state index in [2.05, 4.69) is 20.4 Å². The number of amides is 1. The smallest absolute Gasteiger partial charge is 0.410 e. The van der Waals surface area contributed by atoms with Gasteiger partial charge in [0, 0.05) is 56.5 Å². The first-order valence-electron chi connectivity index (χ1n) is 13.1. The van der Waals surface area contributed by atoms with Gasteiger partial charge in [-0.3, -0.25) is 5.10 Å². The van der Waals surface area contributed by atoms with E-state index in [0.717, 1.165) is 44.2 Å². The van der Waals surface area contributed by atoms with Crippen LogP contribution in [0.4, 0.5) is 22.4 Å². The fraction of sp³-hybridized carbons (Fsp3) is 0.680. The second-order valence-corrected chi connectivity index (χ2v) is 10.0. The molecule has 3 aliphatic rings. The summed E-state index contributed by atoms with van der Waals surface area (Å²) in [5.74, 6) is 2.36. The third-order valence-corrected chi connectivity index (χ3v) is 7.37. The summed E-state index contributed by atoms with van der Waals surface area (Å²) in [5.41, 5.74) is 0.951. The zero-order chi connectivity index (χ0) is 25.8. The van der Waals surface area contributed by atoms with Crippen molar-refractivity contribution in [2.45, 2.75) is 69.7 Å². The van der Waals surface area contributed by atoms with Crippen LogP contribution >= 0.6 is 0 Å². The normalized spacial score (nSPS) is 25.1. The van der Waals surface area contributed by atoms with Crippen molar-refractivity contribution in [1.29, 1.82) is 0 Å². The summed E-state index contributed by atoms with van der Waals surface area (Å²) in [5, 5.41) is 10.5. The van der Waals surface area contributed by atoms with E-state index in [9.17, 15) is 4.79 Å². The van der Waals surface area contributed by atoms with Gasteiger partial charge < -0.3 is 34.1 Å². The summed E-state index contributed by atoms with van der Waals surface area (Å²) in [4.78, 5) is 26.5. The first-order valence-corrected chi connectivity index (χ1v) is 13.1. The number of aromatic nitrogens is 4. The maximum atomic E-state index is 12.8. The van der Waals surface area contributed by atoms with Gasteiger partial charge in [-0.05, 0) is 39.0 Å². The third-order valence-electron chi connectivity index (χ3n) is 7.37. The number of H-pyrrole nitrogens is 1. The van der Waals surface area contributed by atoms with Crippen molar-refractivity contribution in [2.24, 2.45) is 0 Å². The van der Waals surface area contributed by atoms with E-state index in [0.29, 0.717) is 43.3 Å². The second kappa shape index (κ2) is 11.5. The number of aryl methyl sites for hydroxylation is 1. The number of fused-ring (bicyclic) bond motifs is 2. The molecular formula is C25H37N7O5. The highest BCUT2D eigenvalue weighted by molar-refractivity contribution is 5.69. The molecule has 12 heteroatoms. The van der Waals surface area contributed by atoms with Crippen molar-refractivity contribution in [3.05, 3.63) is 17.8 Å². The molecule has 202 valence electrons. The van der Waals surface area contributed by atoms with Crippen LogP contribution < -0.4 is 15.0 Å². The molecular weight excluding hydrogens is 478 g/mol. The maximum Gasteiger partial charge on any atom is 0.410 e. The van der Waals surface area contributed by atoms with Gasteiger partial charge in [-0.2, -0.15) is 15.1 Å². The van der Waals surface area contributed by atoms with Gasteiger partial charge in [0.2, 0.25) is 11.8 Å².